The number of nitrogens with one attached hydrogen (secondary N) is 1. The molecule has 0 heterocycles. The van der Waals surface area contributed by atoms with E-state index in [1.54, 1.807) is 6.07 Å². The van der Waals surface area contributed by atoms with Crippen LogP contribution in [0.25, 0.3) is 0 Å². The molecule has 1 aromatic carbocycles. The number of rotatable bonds is 26. The molecule has 0 aliphatic carbocycles. The quantitative estimate of drug-likeness (QED) is 0.0625. The Morgan fingerprint density at radius 3 is 1.85 bits per heavy atom. The van der Waals surface area contributed by atoms with Gasteiger partial charge in [0.25, 0.3) is 0 Å². The number of phosphoric acid groups is 1. The van der Waals surface area contributed by atoms with Crippen LogP contribution in [0.3, 0.4) is 0 Å². The van der Waals surface area contributed by atoms with Crippen molar-refractivity contribution in [2.24, 2.45) is 0 Å². The monoisotopic (exact) mass is 596 g/mol. The number of anilines is 1. The Hall–Kier alpha value is -1.73. The van der Waals surface area contributed by atoms with E-state index in [2.05, 4.69) is 12.2 Å². The first-order valence-corrected chi connectivity index (χ1v) is 17.5. The minimum Gasteiger partial charge on any atom is -0.403 e. The summed E-state index contributed by atoms with van der Waals surface area (Å²) in [6.45, 7) is 4.59. The van der Waals surface area contributed by atoms with Crippen molar-refractivity contribution in [1.29, 1.82) is 0 Å². The van der Waals surface area contributed by atoms with Crippen LogP contribution in [-0.2, 0) is 13.9 Å². The molecule has 1 rings (SSSR count). The van der Waals surface area contributed by atoms with Gasteiger partial charge in [0, 0.05) is 25.1 Å². The molecule has 0 saturated carbocycles. The molecular weight excluding hydrogens is 539 g/mol. The maximum absolute atomic E-state index is 12.7. The molecule has 0 spiro atoms. The third-order valence-corrected chi connectivity index (χ3v) is 7.99. The molecule has 0 saturated heterocycles. The van der Waals surface area contributed by atoms with Gasteiger partial charge in [-0.25, -0.2) is 4.57 Å². The second-order valence-electron chi connectivity index (χ2n) is 11.3. The summed E-state index contributed by atoms with van der Waals surface area (Å²) < 4.78 is 22.7. The molecule has 1 atom stereocenters. The first kappa shape index (κ1) is 37.3. The molecule has 2 N–H and O–H groups in total. The fraction of sp³-hybridized carbons (Fsp3) is 0.750. The number of benzene rings is 1. The van der Waals surface area contributed by atoms with E-state index in [9.17, 15) is 19.0 Å². The molecular formula is C32H57N2O6P. The molecule has 1 unspecified atom stereocenters. The lowest BCUT2D eigenvalue weighted by Crippen LogP contribution is -2.18. The smallest absolute Gasteiger partial charge is 0.403 e. The number of ketones is 1. The summed E-state index contributed by atoms with van der Waals surface area (Å²) in [7, 11) is -0.765. The molecule has 0 aromatic heterocycles. The Bertz CT molecular complexity index is 908. The van der Waals surface area contributed by atoms with Crippen LogP contribution in [0.5, 0.6) is 5.75 Å². The maximum Gasteiger partial charge on any atom is 0.527 e. The van der Waals surface area contributed by atoms with Crippen LogP contribution >= 0.6 is 7.82 Å². The Kier molecular flexibility index (Phi) is 20.8. The second-order valence-corrected chi connectivity index (χ2v) is 12.7. The van der Waals surface area contributed by atoms with Crippen LogP contribution < -0.4 is 9.84 Å². The first-order valence-electron chi connectivity index (χ1n) is 16.0. The lowest BCUT2D eigenvalue weighted by atomic mass is 10.0. The Labute approximate surface area is 249 Å². The van der Waals surface area contributed by atoms with Crippen LogP contribution in [0.15, 0.2) is 18.2 Å². The van der Waals surface area contributed by atoms with Gasteiger partial charge in [0.05, 0.1) is 12.2 Å². The molecule has 0 aliphatic heterocycles. The van der Waals surface area contributed by atoms with Gasteiger partial charge in [-0.05, 0) is 45.1 Å². The number of hydrogen-bond donors (Lipinski definition) is 2. The number of unbranched alkanes of at least 4 members (excludes halogenated alkanes) is 14. The van der Waals surface area contributed by atoms with Crippen molar-refractivity contribution >= 4 is 25.2 Å². The van der Waals surface area contributed by atoms with Gasteiger partial charge in [0.2, 0.25) is 5.91 Å². The molecule has 0 fully saturated rings. The predicted molar refractivity (Wildman–Crippen MR) is 169 cm³/mol. The van der Waals surface area contributed by atoms with Crippen LogP contribution in [0, 0.1) is 0 Å². The van der Waals surface area contributed by atoms with Gasteiger partial charge in [-0.3, -0.25) is 19.0 Å². The maximum atomic E-state index is 12.7. The number of carbonyl (C=O) groups is 2. The number of amides is 1. The van der Waals surface area contributed by atoms with Gasteiger partial charge in [-0.2, -0.15) is 0 Å². The average molecular weight is 597 g/mol. The second kappa shape index (κ2) is 22.8. The summed E-state index contributed by atoms with van der Waals surface area (Å²) in [5.74, 6) is -0.365. The van der Waals surface area contributed by atoms with Gasteiger partial charge in [-0.1, -0.05) is 104 Å². The van der Waals surface area contributed by atoms with E-state index < -0.39 is 7.82 Å². The number of likely N-dealkylation sites (N-methyl/N-ethyl adjacent to an activating group) is 1. The highest BCUT2D eigenvalue weighted by molar-refractivity contribution is 7.47. The summed E-state index contributed by atoms with van der Waals surface area (Å²) in [6.07, 6.45) is 20.4. The van der Waals surface area contributed by atoms with E-state index in [1.807, 2.05) is 25.9 Å². The van der Waals surface area contributed by atoms with Crippen LogP contribution in [0.1, 0.15) is 140 Å². The predicted octanol–water partition coefficient (Wildman–Crippen LogP) is 8.93. The largest absolute Gasteiger partial charge is 0.527 e. The normalized spacial score (nSPS) is 12.8. The molecule has 0 bridgehead atoms. The van der Waals surface area contributed by atoms with E-state index in [0.717, 1.165) is 19.3 Å². The molecule has 9 heteroatoms. The van der Waals surface area contributed by atoms with Crippen molar-refractivity contribution in [2.75, 3.05) is 32.6 Å². The van der Waals surface area contributed by atoms with E-state index >= 15 is 0 Å². The van der Waals surface area contributed by atoms with Crippen molar-refractivity contribution in [1.82, 2.24) is 4.90 Å². The van der Waals surface area contributed by atoms with Crippen molar-refractivity contribution in [3.8, 4) is 5.75 Å². The average Bonchev–Trinajstić information content (AvgIpc) is 2.91. The lowest BCUT2D eigenvalue weighted by molar-refractivity contribution is -0.116. The highest BCUT2D eigenvalue weighted by Crippen LogP contribution is 2.45. The number of carbonyl (C=O) groups excluding carboxylic acids is 2. The van der Waals surface area contributed by atoms with Crippen molar-refractivity contribution in [3.63, 3.8) is 0 Å². The minimum atomic E-state index is -4.41. The lowest BCUT2D eigenvalue weighted by Gasteiger charge is -2.17. The van der Waals surface area contributed by atoms with Gasteiger partial charge >= 0.3 is 7.82 Å². The van der Waals surface area contributed by atoms with Gasteiger partial charge < -0.3 is 14.7 Å². The highest BCUT2D eigenvalue weighted by atomic mass is 31.2. The van der Waals surface area contributed by atoms with E-state index in [1.165, 1.54) is 89.2 Å². The van der Waals surface area contributed by atoms with Crippen molar-refractivity contribution in [3.05, 3.63) is 23.8 Å². The molecule has 1 amide bonds. The zero-order chi connectivity index (χ0) is 30.3. The molecule has 1 aromatic rings. The van der Waals surface area contributed by atoms with E-state index in [-0.39, 0.29) is 36.0 Å². The van der Waals surface area contributed by atoms with Gasteiger partial charge in [0.1, 0.15) is 5.75 Å². The summed E-state index contributed by atoms with van der Waals surface area (Å²) in [5, 5.41) is 2.85. The number of phosphoric ester groups is 1. The summed E-state index contributed by atoms with van der Waals surface area (Å²) in [5.41, 5.74) is 0.617. The van der Waals surface area contributed by atoms with Gasteiger partial charge in [-0.15, -0.1) is 0 Å². The van der Waals surface area contributed by atoms with E-state index in [0.29, 0.717) is 25.1 Å². The van der Waals surface area contributed by atoms with Crippen LogP contribution in [0.2, 0.25) is 0 Å². The summed E-state index contributed by atoms with van der Waals surface area (Å²) in [6, 6.07) is 4.52. The molecule has 0 radical (unpaired) electrons. The standard InChI is InChI=1S/C32H57N2O6P/c1-5-7-8-9-10-11-12-13-14-15-16-17-18-19-20-22-32(36)33-28-23-24-31(29(27-28)30(35)21-6-2)40-41(37,38)39-26-25-34(3)4/h23-24,27H,5-22,25-26H2,1-4H3,(H,33,36)(H,37,38). The first-order chi connectivity index (χ1) is 19.7. The van der Waals surface area contributed by atoms with Crippen LogP contribution in [-0.4, -0.2) is 48.7 Å². The zero-order valence-electron chi connectivity index (χ0n) is 26.3. The summed E-state index contributed by atoms with van der Waals surface area (Å²) in [4.78, 5) is 37.1. The fourth-order valence-corrected chi connectivity index (χ4v) is 5.41. The van der Waals surface area contributed by atoms with Crippen molar-refractivity contribution in [2.45, 2.75) is 129 Å². The fourth-order valence-electron chi connectivity index (χ4n) is 4.64. The van der Waals surface area contributed by atoms with Crippen molar-refractivity contribution < 1.29 is 28.1 Å². The SMILES string of the molecule is CCCCCCCCCCCCCCCCCC(=O)Nc1ccc(OP(=O)(O)OCCN(C)C)c(C(=O)CCC)c1. The highest BCUT2D eigenvalue weighted by Gasteiger charge is 2.26. The van der Waals surface area contributed by atoms with E-state index in [4.69, 9.17) is 9.05 Å². The Balaban J connectivity index is 2.36. The number of hydrogen-bond acceptors (Lipinski definition) is 6. The topological polar surface area (TPSA) is 105 Å². The summed E-state index contributed by atoms with van der Waals surface area (Å²) >= 11 is 0. The Morgan fingerprint density at radius 2 is 1.34 bits per heavy atom. The molecule has 8 nitrogen and oxygen atoms in total. The molecule has 236 valence electrons. The third kappa shape index (κ3) is 19.2. The molecule has 41 heavy (non-hydrogen) atoms. The number of nitrogens with zero attached hydrogens (tertiary/aromatic N) is 1. The third-order valence-electron chi connectivity index (χ3n) is 7.05. The van der Waals surface area contributed by atoms with Gasteiger partial charge in [0.15, 0.2) is 5.78 Å². The Morgan fingerprint density at radius 1 is 0.805 bits per heavy atom. The number of Topliss-reactive ketones (excluding diaryl/α,β-unsaturated/α-hetero) is 1. The van der Waals surface area contributed by atoms with Crippen LogP contribution in [0.4, 0.5) is 5.69 Å². The minimum absolute atomic E-state index is 0.00642. The molecule has 0 aliphatic rings. The zero-order valence-corrected chi connectivity index (χ0v) is 27.2.